The molecular formula is C16H24N2O2. The predicted molar refractivity (Wildman–Crippen MR) is 80.1 cm³/mol. The summed E-state index contributed by atoms with van der Waals surface area (Å²) in [5.74, 6) is 0.982. The van der Waals surface area contributed by atoms with Crippen molar-refractivity contribution in [1.82, 2.24) is 4.90 Å². The number of hydrogen-bond acceptors (Lipinski definition) is 3. The smallest absolute Gasteiger partial charge is 0.253 e. The lowest BCUT2D eigenvalue weighted by Gasteiger charge is -2.31. The first-order chi connectivity index (χ1) is 9.46. The average Bonchev–Trinajstić information content (AvgIpc) is 2.91. The molecule has 0 fully saturated rings. The molecule has 4 nitrogen and oxygen atoms in total. The lowest BCUT2D eigenvalue weighted by molar-refractivity contribution is 0.0701. The highest BCUT2D eigenvalue weighted by Crippen LogP contribution is 2.26. The van der Waals surface area contributed by atoms with Crippen molar-refractivity contribution in [3.8, 4) is 5.75 Å². The van der Waals surface area contributed by atoms with Crippen molar-refractivity contribution >= 4 is 5.91 Å². The summed E-state index contributed by atoms with van der Waals surface area (Å²) >= 11 is 0. The Hall–Kier alpha value is -1.55. The maximum atomic E-state index is 12.6. The molecule has 0 saturated heterocycles. The maximum absolute atomic E-state index is 12.6. The Morgan fingerprint density at radius 2 is 2.20 bits per heavy atom. The summed E-state index contributed by atoms with van der Waals surface area (Å²) in [6.07, 6.45) is 0.886. The Labute approximate surface area is 120 Å². The third kappa shape index (κ3) is 3.12. The topological polar surface area (TPSA) is 55.6 Å². The van der Waals surface area contributed by atoms with Crippen molar-refractivity contribution in [2.75, 3.05) is 26.2 Å². The highest BCUT2D eigenvalue weighted by atomic mass is 16.5. The van der Waals surface area contributed by atoms with Gasteiger partial charge in [0.15, 0.2) is 0 Å². The van der Waals surface area contributed by atoms with Crippen LogP contribution in [0.2, 0.25) is 0 Å². The highest BCUT2D eigenvalue weighted by molar-refractivity contribution is 5.94. The number of nitrogens with two attached hydrogens (primary N) is 1. The Balaban J connectivity index is 2.16. The molecule has 2 rings (SSSR count). The van der Waals surface area contributed by atoms with Crippen LogP contribution in [0.5, 0.6) is 5.75 Å². The lowest BCUT2D eigenvalue weighted by atomic mass is 9.92. The van der Waals surface area contributed by atoms with Gasteiger partial charge in [0.05, 0.1) is 6.61 Å². The minimum absolute atomic E-state index is 0.0640. The first-order valence-electron chi connectivity index (χ1n) is 7.22. The fourth-order valence-electron chi connectivity index (χ4n) is 2.41. The molecule has 0 atom stereocenters. The van der Waals surface area contributed by atoms with Crippen LogP contribution in [0.25, 0.3) is 0 Å². The molecule has 0 aliphatic carbocycles. The number of rotatable bonds is 5. The molecule has 1 aromatic rings. The van der Waals surface area contributed by atoms with E-state index in [1.807, 2.05) is 30.0 Å². The van der Waals surface area contributed by atoms with Crippen LogP contribution in [0.3, 0.4) is 0 Å². The van der Waals surface area contributed by atoms with Crippen LogP contribution in [0, 0.1) is 5.41 Å². The summed E-state index contributed by atoms with van der Waals surface area (Å²) in [7, 11) is 0. The van der Waals surface area contributed by atoms with Gasteiger partial charge >= 0.3 is 0 Å². The summed E-state index contributed by atoms with van der Waals surface area (Å²) in [4.78, 5) is 14.5. The van der Waals surface area contributed by atoms with E-state index in [2.05, 4.69) is 13.8 Å². The molecule has 4 heteroatoms. The third-order valence-electron chi connectivity index (χ3n) is 3.78. The first kappa shape index (κ1) is 14.9. The third-order valence-corrected chi connectivity index (χ3v) is 3.78. The van der Waals surface area contributed by atoms with Gasteiger partial charge in [0, 0.05) is 25.1 Å². The Morgan fingerprint density at radius 3 is 2.85 bits per heavy atom. The van der Waals surface area contributed by atoms with Crippen LogP contribution < -0.4 is 10.5 Å². The molecule has 1 aliphatic rings. The molecule has 2 N–H and O–H groups in total. The second-order valence-corrected chi connectivity index (χ2v) is 6.11. The number of carbonyl (C=O) groups excluding carboxylic acids is 1. The summed E-state index contributed by atoms with van der Waals surface area (Å²) in [6, 6.07) is 5.71. The number of carbonyl (C=O) groups is 1. The van der Waals surface area contributed by atoms with E-state index in [9.17, 15) is 4.79 Å². The zero-order chi connectivity index (χ0) is 14.8. The summed E-state index contributed by atoms with van der Waals surface area (Å²) in [5, 5.41) is 0. The van der Waals surface area contributed by atoms with E-state index in [-0.39, 0.29) is 11.3 Å². The SMILES string of the molecule is CCN(CC(C)(C)CN)C(=O)c1ccc2c(c1)CCO2. The van der Waals surface area contributed by atoms with E-state index in [4.69, 9.17) is 10.5 Å². The van der Waals surface area contributed by atoms with Crippen LogP contribution in [0.15, 0.2) is 18.2 Å². The van der Waals surface area contributed by atoms with Gasteiger partial charge in [0.1, 0.15) is 5.75 Å². The average molecular weight is 276 g/mol. The van der Waals surface area contributed by atoms with Crippen LogP contribution in [0.1, 0.15) is 36.7 Å². The zero-order valence-corrected chi connectivity index (χ0v) is 12.6. The molecule has 0 aromatic heterocycles. The summed E-state index contributed by atoms with van der Waals surface area (Å²) < 4.78 is 5.48. The second kappa shape index (κ2) is 5.83. The van der Waals surface area contributed by atoms with E-state index in [0.29, 0.717) is 26.2 Å². The quantitative estimate of drug-likeness (QED) is 0.895. The van der Waals surface area contributed by atoms with Crippen LogP contribution in [-0.4, -0.2) is 37.0 Å². The monoisotopic (exact) mass is 276 g/mol. The van der Waals surface area contributed by atoms with E-state index in [0.717, 1.165) is 23.3 Å². The van der Waals surface area contributed by atoms with Gasteiger partial charge < -0.3 is 15.4 Å². The van der Waals surface area contributed by atoms with E-state index in [1.54, 1.807) is 0 Å². The maximum Gasteiger partial charge on any atom is 0.253 e. The summed E-state index contributed by atoms with van der Waals surface area (Å²) in [6.45, 7) is 8.81. The number of nitrogens with zero attached hydrogens (tertiary/aromatic N) is 1. The number of ether oxygens (including phenoxy) is 1. The van der Waals surface area contributed by atoms with Crippen molar-refractivity contribution in [1.29, 1.82) is 0 Å². The van der Waals surface area contributed by atoms with Crippen LogP contribution in [-0.2, 0) is 6.42 Å². The fraction of sp³-hybridized carbons (Fsp3) is 0.562. The Kier molecular flexibility index (Phi) is 4.33. The normalized spacial score (nSPS) is 13.8. The Morgan fingerprint density at radius 1 is 1.45 bits per heavy atom. The standard InChI is InChI=1S/C16H24N2O2/c1-4-18(11-16(2,3)10-17)15(19)13-5-6-14-12(9-13)7-8-20-14/h5-6,9H,4,7-8,10-11,17H2,1-3H3. The molecule has 20 heavy (non-hydrogen) atoms. The van der Waals surface area contributed by atoms with Crippen molar-refractivity contribution in [3.63, 3.8) is 0 Å². The molecule has 0 bridgehead atoms. The van der Waals surface area contributed by atoms with Crippen LogP contribution in [0.4, 0.5) is 0 Å². The largest absolute Gasteiger partial charge is 0.493 e. The molecule has 1 amide bonds. The second-order valence-electron chi connectivity index (χ2n) is 6.11. The van der Waals surface area contributed by atoms with Gasteiger partial charge in [-0.1, -0.05) is 13.8 Å². The van der Waals surface area contributed by atoms with Gasteiger partial charge in [-0.3, -0.25) is 4.79 Å². The number of amides is 1. The minimum atomic E-state index is -0.0640. The number of benzene rings is 1. The van der Waals surface area contributed by atoms with Crippen molar-refractivity contribution in [2.45, 2.75) is 27.2 Å². The van der Waals surface area contributed by atoms with Crippen LogP contribution >= 0.6 is 0 Å². The predicted octanol–water partition coefficient (Wildman–Crippen LogP) is 2.07. The van der Waals surface area contributed by atoms with Gasteiger partial charge in [-0.15, -0.1) is 0 Å². The van der Waals surface area contributed by atoms with E-state index >= 15 is 0 Å². The molecule has 0 spiro atoms. The minimum Gasteiger partial charge on any atom is -0.493 e. The van der Waals surface area contributed by atoms with Gasteiger partial charge in [-0.05, 0) is 42.6 Å². The number of fused-ring (bicyclic) bond motifs is 1. The molecule has 1 aromatic carbocycles. The number of hydrogen-bond donors (Lipinski definition) is 1. The molecule has 0 unspecified atom stereocenters. The van der Waals surface area contributed by atoms with Crippen molar-refractivity contribution in [2.24, 2.45) is 11.1 Å². The molecule has 0 radical (unpaired) electrons. The molecule has 1 aliphatic heterocycles. The van der Waals surface area contributed by atoms with Gasteiger partial charge in [-0.2, -0.15) is 0 Å². The highest BCUT2D eigenvalue weighted by Gasteiger charge is 2.24. The Bertz CT molecular complexity index is 497. The van der Waals surface area contributed by atoms with Gasteiger partial charge in [-0.25, -0.2) is 0 Å². The van der Waals surface area contributed by atoms with Gasteiger partial charge in [0.25, 0.3) is 5.91 Å². The van der Waals surface area contributed by atoms with E-state index in [1.165, 1.54) is 0 Å². The van der Waals surface area contributed by atoms with Gasteiger partial charge in [0.2, 0.25) is 0 Å². The van der Waals surface area contributed by atoms with E-state index < -0.39 is 0 Å². The molecular weight excluding hydrogens is 252 g/mol. The fourth-order valence-corrected chi connectivity index (χ4v) is 2.41. The van der Waals surface area contributed by atoms with Crippen molar-refractivity contribution < 1.29 is 9.53 Å². The first-order valence-corrected chi connectivity index (χ1v) is 7.22. The summed E-state index contributed by atoms with van der Waals surface area (Å²) in [5.41, 5.74) is 7.57. The zero-order valence-electron chi connectivity index (χ0n) is 12.6. The van der Waals surface area contributed by atoms with Crippen molar-refractivity contribution in [3.05, 3.63) is 29.3 Å². The molecule has 0 saturated carbocycles. The molecule has 1 heterocycles. The lowest BCUT2D eigenvalue weighted by Crippen LogP contribution is -2.42. The molecule has 110 valence electrons.